The van der Waals surface area contributed by atoms with Gasteiger partial charge >= 0.3 is 0 Å². The van der Waals surface area contributed by atoms with Gasteiger partial charge < -0.3 is 4.74 Å². The van der Waals surface area contributed by atoms with Gasteiger partial charge in [0.15, 0.2) is 0 Å². The lowest BCUT2D eigenvalue weighted by Gasteiger charge is -2.35. The molecule has 2 atom stereocenters. The number of benzene rings is 1. The fourth-order valence-corrected chi connectivity index (χ4v) is 4.24. The third-order valence-corrected chi connectivity index (χ3v) is 7.17. The van der Waals surface area contributed by atoms with Crippen LogP contribution >= 0.6 is 15.9 Å². The minimum atomic E-state index is -3.66. The molecule has 0 radical (unpaired) electrons. The Morgan fingerprint density at radius 2 is 2.00 bits per heavy atom. The second-order valence-electron chi connectivity index (χ2n) is 6.40. The van der Waals surface area contributed by atoms with Crippen LogP contribution in [0.25, 0.3) is 0 Å². The number of unbranched alkanes of at least 4 members (excludes halogenated alkanes) is 1. The van der Waals surface area contributed by atoms with Gasteiger partial charge in [-0.25, -0.2) is 13.1 Å². The molecule has 0 heterocycles. The van der Waals surface area contributed by atoms with Crippen LogP contribution in [0.5, 0.6) is 0 Å². The Labute approximate surface area is 162 Å². The summed E-state index contributed by atoms with van der Waals surface area (Å²) in [5, 5.41) is 10.6. The number of hydrogen-bond donors (Lipinski definition) is 1. The number of allylic oxidation sites excluding steroid dienone is 1. The van der Waals surface area contributed by atoms with E-state index in [9.17, 15) is 18.5 Å². The van der Waals surface area contributed by atoms with E-state index in [2.05, 4.69) is 39.7 Å². The first-order chi connectivity index (χ1) is 12.2. The smallest absolute Gasteiger partial charge is 0.269 e. The topological polar surface area (TPSA) is 98.5 Å². The van der Waals surface area contributed by atoms with Gasteiger partial charge in [-0.15, -0.1) is 0 Å². The summed E-state index contributed by atoms with van der Waals surface area (Å²) < 4.78 is 32.8. The minimum absolute atomic E-state index is 0.0167. The third-order valence-electron chi connectivity index (χ3n) is 4.35. The maximum atomic E-state index is 12.2. The van der Waals surface area contributed by atoms with Crippen LogP contribution in [0.1, 0.15) is 32.6 Å². The van der Waals surface area contributed by atoms with Gasteiger partial charge in [0.05, 0.1) is 15.4 Å². The van der Waals surface area contributed by atoms with Crippen molar-refractivity contribution < 1.29 is 18.1 Å². The number of sulfonamides is 1. The highest BCUT2D eigenvalue weighted by Crippen LogP contribution is 2.33. The third kappa shape index (κ3) is 5.60. The van der Waals surface area contributed by atoms with Crippen LogP contribution in [0.4, 0.5) is 5.69 Å². The summed E-state index contributed by atoms with van der Waals surface area (Å²) >= 11 is 3.65. The zero-order valence-corrected chi connectivity index (χ0v) is 17.0. The Morgan fingerprint density at radius 1 is 1.31 bits per heavy atom. The molecule has 7 nitrogen and oxygen atoms in total. The molecule has 0 spiro atoms. The van der Waals surface area contributed by atoms with Crippen molar-refractivity contribution in [3.63, 3.8) is 0 Å². The number of hydrogen-bond acceptors (Lipinski definition) is 5. The fourth-order valence-electron chi connectivity index (χ4n) is 2.63. The predicted octanol–water partition coefficient (Wildman–Crippen LogP) is 3.54. The summed E-state index contributed by atoms with van der Waals surface area (Å²) in [5.74, 6) is 0. The largest absolute Gasteiger partial charge is 0.374 e. The van der Waals surface area contributed by atoms with Gasteiger partial charge in [-0.05, 0) is 44.7 Å². The van der Waals surface area contributed by atoms with Gasteiger partial charge in [-0.3, -0.25) is 10.1 Å². The van der Waals surface area contributed by atoms with E-state index < -0.39 is 14.9 Å². The van der Waals surface area contributed by atoms with Crippen molar-refractivity contribution >= 4 is 31.6 Å². The predicted molar refractivity (Wildman–Crippen MR) is 103 cm³/mol. The van der Waals surface area contributed by atoms with Crippen LogP contribution in [0, 0.1) is 10.1 Å². The molecule has 0 bridgehead atoms. The van der Waals surface area contributed by atoms with Crippen LogP contribution in [0.2, 0.25) is 0 Å². The molecular formula is C17H23BrN2O5S. The molecule has 1 aromatic carbocycles. The van der Waals surface area contributed by atoms with E-state index in [-0.39, 0.29) is 27.6 Å². The van der Waals surface area contributed by atoms with E-state index in [1.54, 1.807) is 0 Å². The molecule has 1 aliphatic rings. The molecule has 1 N–H and O–H groups in total. The second kappa shape index (κ2) is 9.07. The summed E-state index contributed by atoms with van der Waals surface area (Å²) in [4.78, 5) is 10.3. The van der Waals surface area contributed by atoms with Crippen molar-refractivity contribution in [3.8, 4) is 0 Å². The Bertz CT molecular complexity index is 751. The Hall–Kier alpha value is -1.29. The molecule has 0 saturated carbocycles. The molecule has 0 saturated heterocycles. The molecule has 144 valence electrons. The maximum Gasteiger partial charge on any atom is 0.269 e. The van der Waals surface area contributed by atoms with Crippen molar-refractivity contribution in [1.82, 2.24) is 4.72 Å². The first-order valence-electron chi connectivity index (χ1n) is 8.42. The van der Waals surface area contributed by atoms with E-state index in [1.165, 1.54) is 24.3 Å². The van der Waals surface area contributed by atoms with Gasteiger partial charge in [0.25, 0.3) is 5.69 Å². The Kier molecular flexibility index (Phi) is 7.33. The maximum absolute atomic E-state index is 12.2. The fraction of sp³-hybridized carbons (Fsp3) is 0.529. The highest BCUT2D eigenvalue weighted by atomic mass is 79.9. The normalized spacial score (nSPS) is 23.1. The number of nitro groups is 1. The van der Waals surface area contributed by atoms with Gasteiger partial charge in [0.2, 0.25) is 10.0 Å². The molecule has 0 aliphatic heterocycles. The van der Waals surface area contributed by atoms with Crippen molar-refractivity contribution in [2.24, 2.45) is 0 Å². The Morgan fingerprint density at radius 3 is 2.62 bits per heavy atom. The standard InChI is InChI=1S/C17H23BrN2O5S/c1-17(11-3-2-6-16(17)18)25-13-5-4-12-19-26(23,24)15-9-7-14(8-10-15)20(21)22/h2-3,7-10,16,19H,4-6,11-13H2,1H3/t16-,17-/m0/s1. The Balaban J connectivity index is 1.73. The zero-order valence-electron chi connectivity index (χ0n) is 14.6. The summed E-state index contributed by atoms with van der Waals surface area (Å²) in [7, 11) is -3.66. The van der Waals surface area contributed by atoms with E-state index >= 15 is 0 Å². The molecule has 0 aromatic heterocycles. The molecule has 0 unspecified atom stereocenters. The number of nitro benzene ring substituents is 1. The summed E-state index contributed by atoms with van der Waals surface area (Å²) in [6.07, 6.45) is 7.43. The number of nitrogens with one attached hydrogen (secondary N) is 1. The van der Waals surface area contributed by atoms with E-state index in [0.29, 0.717) is 13.0 Å². The monoisotopic (exact) mass is 446 g/mol. The van der Waals surface area contributed by atoms with E-state index in [0.717, 1.165) is 19.3 Å². The second-order valence-corrected chi connectivity index (χ2v) is 9.27. The van der Waals surface area contributed by atoms with Gasteiger partial charge in [-0.1, -0.05) is 28.1 Å². The summed E-state index contributed by atoms with van der Waals surface area (Å²) in [6.45, 7) is 2.93. The van der Waals surface area contributed by atoms with Crippen molar-refractivity contribution in [2.75, 3.05) is 13.2 Å². The number of ether oxygens (including phenoxy) is 1. The SMILES string of the molecule is C[C@]1(OCCCCNS(=O)(=O)c2ccc([N+](=O)[O-])cc2)CC=CC[C@@H]1Br. The first kappa shape index (κ1) is 21.0. The van der Waals surface area contributed by atoms with Crippen LogP contribution in [0.3, 0.4) is 0 Å². The molecule has 1 aromatic rings. The summed E-state index contributed by atoms with van der Waals surface area (Å²) in [6, 6.07) is 4.82. The molecular weight excluding hydrogens is 424 g/mol. The highest BCUT2D eigenvalue weighted by Gasteiger charge is 2.33. The highest BCUT2D eigenvalue weighted by molar-refractivity contribution is 9.09. The zero-order chi connectivity index (χ0) is 19.2. The molecule has 2 rings (SSSR count). The lowest BCUT2D eigenvalue weighted by molar-refractivity contribution is -0.384. The average Bonchev–Trinajstić information content (AvgIpc) is 2.61. The molecule has 1 aliphatic carbocycles. The number of rotatable bonds is 9. The number of halogens is 1. The quantitative estimate of drug-likeness (QED) is 0.205. The van der Waals surface area contributed by atoms with Crippen LogP contribution in [-0.4, -0.2) is 36.9 Å². The van der Waals surface area contributed by atoms with Crippen molar-refractivity contribution in [3.05, 3.63) is 46.5 Å². The summed E-state index contributed by atoms with van der Waals surface area (Å²) in [5.41, 5.74) is -0.371. The van der Waals surface area contributed by atoms with Crippen LogP contribution in [0.15, 0.2) is 41.3 Å². The van der Waals surface area contributed by atoms with Gasteiger partial charge in [0, 0.05) is 30.1 Å². The van der Waals surface area contributed by atoms with Crippen LogP contribution in [-0.2, 0) is 14.8 Å². The van der Waals surface area contributed by atoms with Crippen molar-refractivity contribution in [1.29, 1.82) is 0 Å². The molecule has 26 heavy (non-hydrogen) atoms. The number of non-ortho nitro benzene ring substituents is 1. The number of nitrogens with zero attached hydrogens (tertiary/aromatic N) is 1. The average molecular weight is 447 g/mol. The lowest BCUT2D eigenvalue weighted by atomic mass is 9.91. The first-order valence-corrected chi connectivity index (χ1v) is 10.8. The van der Waals surface area contributed by atoms with Crippen molar-refractivity contribution in [2.45, 2.75) is 47.9 Å². The van der Waals surface area contributed by atoms with Gasteiger partial charge in [-0.2, -0.15) is 0 Å². The molecule has 0 amide bonds. The van der Waals surface area contributed by atoms with E-state index in [4.69, 9.17) is 4.74 Å². The van der Waals surface area contributed by atoms with Crippen LogP contribution < -0.4 is 4.72 Å². The molecule has 9 heteroatoms. The van der Waals surface area contributed by atoms with Gasteiger partial charge in [0.1, 0.15) is 0 Å². The van der Waals surface area contributed by atoms with E-state index in [1.807, 2.05) is 0 Å². The minimum Gasteiger partial charge on any atom is -0.374 e. The number of alkyl halides is 1. The lowest BCUT2D eigenvalue weighted by Crippen LogP contribution is -2.40. The molecule has 0 fully saturated rings.